The molecule has 0 saturated carbocycles. The van der Waals surface area contributed by atoms with Gasteiger partial charge in [0.05, 0.1) is 0 Å². The van der Waals surface area contributed by atoms with Gasteiger partial charge in [-0.1, -0.05) is 13.8 Å². The van der Waals surface area contributed by atoms with E-state index in [0.29, 0.717) is 4.40 Å². The minimum atomic E-state index is 0.131. The first-order valence-electron chi connectivity index (χ1n) is 2.81. The van der Waals surface area contributed by atoms with Crippen LogP contribution in [0.5, 0.6) is 0 Å². The highest BCUT2D eigenvalue weighted by Crippen LogP contribution is 1.94. The molecule has 2 heteroatoms. The number of nitrogens with one attached hydrogen (secondary N) is 1. The highest BCUT2D eigenvalue weighted by atomic mass is 27.1. The molecule has 0 aliphatic carbocycles. The molecule has 0 radical (unpaired) electrons. The lowest BCUT2D eigenvalue weighted by atomic mass is 10.4. The van der Waals surface area contributed by atoms with E-state index in [2.05, 4.69) is 24.9 Å². The van der Waals surface area contributed by atoms with E-state index in [4.69, 9.17) is 0 Å². The quantitative estimate of drug-likeness (QED) is 0.514. The fourth-order valence-electron chi connectivity index (χ4n) is 0.177. The van der Waals surface area contributed by atoms with E-state index < -0.39 is 0 Å². The van der Waals surface area contributed by atoms with Crippen LogP contribution in [0.1, 0.15) is 13.8 Å². The molecule has 0 rings (SSSR count). The molecule has 42 valence electrons. The van der Waals surface area contributed by atoms with Gasteiger partial charge in [0.2, 0.25) is 0 Å². The second kappa shape index (κ2) is 2.72. The smallest absolute Gasteiger partial charge is 0.263 e. The number of hydrogen-bond donors (Lipinski definition) is 1. The Hall–Kier alpha value is 0.492. The van der Waals surface area contributed by atoms with Gasteiger partial charge in [0.15, 0.2) is 0 Å². The van der Waals surface area contributed by atoms with Crippen molar-refractivity contribution in [3.63, 3.8) is 0 Å². The van der Waals surface area contributed by atoms with Gasteiger partial charge in [0.25, 0.3) is 15.2 Å². The summed E-state index contributed by atoms with van der Waals surface area (Å²) >= 11 is 0.131. The van der Waals surface area contributed by atoms with E-state index in [0.717, 1.165) is 0 Å². The summed E-state index contributed by atoms with van der Waals surface area (Å²) in [5, 5.41) is 3.25. The Bertz CT molecular complexity index is 46.0. The van der Waals surface area contributed by atoms with Crippen molar-refractivity contribution in [2.45, 2.75) is 24.0 Å². The van der Waals surface area contributed by atoms with Gasteiger partial charge in [-0.15, -0.1) is 5.79 Å². The van der Waals surface area contributed by atoms with Crippen molar-refractivity contribution in [1.82, 2.24) is 5.32 Å². The molecule has 1 nitrogen and oxygen atoms in total. The third kappa shape index (κ3) is 3.11. The van der Waals surface area contributed by atoms with E-state index in [1.54, 1.807) is 0 Å². The molecule has 0 fully saturated rings. The second-order valence-electron chi connectivity index (χ2n) is 2.49. The van der Waals surface area contributed by atoms with E-state index in [-0.39, 0.29) is 15.2 Å². The molecule has 7 heavy (non-hydrogen) atoms. The Labute approximate surface area is 52.2 Å². The monoisotopic (exact) mass is 115 g/mol. The van der Waals surface area contributed by atoms with Crippen LogP contribution in [0.3, 0.4) is 0 Å². The maximum atomic E-state index is 3.25. The summed E-state index contributed by atoms with van der Waals surface area (Å²) in [7, 11) is 2.02. The standard InChI is InChI=1S/C4H10N.CH3.Al.H/c1-4(2)5-3;;;/h5H,1-3H3;1H3;;. The van der Waals surface area contributed by atoms with Crippen LogP contribution in [-0.4, -0.2) is 26.7 Å². The largest absolute Gasteiger partial charge is 0.328 e. The Morgan fingerprint density at radius 2 is 1.86 bits per heavy atom. The van der Waals surface area contributed by atoms with Crippen molar-refractivity contribution in [2.75, 3.05) is 7.05 Å². The fraction of sp³-hybridized carbons (Fsp3) is 1.00. The summed E-state index contributed by atoms with van der Waals surface area (Å²) in [5.41, 5.74) is 0. The Balaban J connectivity index is 3.36. The fourth-order valence-corrected chi connectivity index (χ4v) is 0.530. The van der Waals surface area contributed by atoms with Gasteiger partial charge >= 0.3 is 0 Å². The average molecular weight is 115 g/mol. The van der Waals surface area contributed by atoms with Gasteiger partial charge in [-0.3, -0.25) is 0 Å². The van der Waals surface area contributed by atoms with Crippen molar-refractivity contribution >= 4 is 15.2 Å². The summed E-state index contributed by atoms with van der Waals surface area (Å²) in [5.74, 6) is 2.32. The third-order valence-corrected chi connectivity index (χ3v) is 3.68. The van der Waals surface area contributed by atoms with Crippen LogP contribution < -0.4 is 5.32 Å². The molecule has 0 aromatic rings. The average Bonchev–Trinajstić information content (AvgIpc) is 1.68. The number of rotatable bonds is 2. The summed E-state index contributed by atoms with van der Waals surface area (Å²) in [6.45, 7) is 4.50. The Morgan fingerprint density at radius 1 is 1.43 bits per heavy atom. The molecule has 0 aliphatic heterocycles. The Kier molecular flexibility index (Phi) is 2.91. The van der Waals surface area contributed by atoms with Gasteiger partial charge in [-0.05, 0) is 11.4 Å². The molecule has 0 atom stereocenters. The lowest BCUT2D eigenvalue weighted by Gasteiger charge is -2.19. The molecule has 0 spiro atoms. The van der Waals surface area contributed by atoms with Crippen LogP contribution in [0.15, 0.2) is 0 Å². The van der Waals surface area contributed by atoms with E-state index in [1.165, 1.54) is 0 Å². The highest BCUT2D eigenvalue weighted by molar-refractivity contribution is 6.37. The molecule has 0 saturated heterocycles. The molecular formula is C5H14AlN. The lowest BCUT2D eigenvalue weighted by Crippen LogP contribution is -2.40. The molecular weight excluding hydrogens is 101 g/mol. The van der Waals surface area contributed by atoms with Crippen LogP contribution >= 0.6 is 0 Å². The molecule has 0 aromatic heterocycles. The van der Waals surface area contributed by atoms with Crippen LogP contribution in [-0.2, 0) is 0 Å². The minimum Gasteiger partial charge on any atom is -0.328 e. The van der Waals surface area contributed by atoms with Crippen molar-refractivity contribution in [1.29, 1.82) is 0 Å². The third-order valence-electron chi connectivity index (χ3n) is 1.56. The summed E-state index contributed by atoms with van der Waals surface area (Å²) < 4.78 is 0.472. The molecule has 0 amide bonds. The van der Waals surface area contributed by atoms with Gasteiger partial charge in [0.1, 0.15) is 0 Å². The Morgan fingerprint density at radius 3 is 1.86 bits per heavy atom. The van der Waals surface area contributed by atoms with Gasteiger partial charge in [-0.2, -0.15) is 0 Å². The zero-order chi connectivity index (χ0) is 5.91. The van der Waals surface area contributed by atoms with Gasteiger partial charge in [0, 0.05) is 0 Å². The highest BCUT2D eigenvalue weighted by Gasteiger charge is 2.11. The first-order chi connectivity index (χ1) is 3.12. The summed E-state index contributed by atoms with van der Waals surface area (Å²) in [6.07, 6.45) is 0. The first kappa shape index (κ1) is 7.49. The minimum absolute atomic E-state index is 0.131. The van der Waals surface area contributed by atoms with Crippen LogP contribution in [0.2, 0.25) is 5.79 Å². The molecule has 0 unspecified atom stereocenters. The zero-order valence-electron chi connectivity index (χ0n) is 5.71. The van der Waals surface area contributed by atoms with E-state index >= 15 is 0 Å². The predicted octanol–water partition coefficient (Wildman–Crippen LogP) is 0.426. The topological polar surface area (TPSA) is 12.0 Å². The van der Waals surface area contributed by atoms with Crippen molar-refractivity contribution in [3.8, 4) is 0 Å². The van der Waals surface area contributed by atoms with Crippen molar-refractivity contribution < 1.29 is 0 Å². The second-order valence-corrected chi connectivity index (χ2v) is 4.96. The molecule has 0 heterocycles. The number of hydrogen-bond acceptors (Lipinski definition) is 1. The van der Waals surface area contributed by atoms with Crippen LogP contribution in [0.25, 0.3) is 0 Å². The zero-order valence-corrected chi connectivity index (χ0v) is 7.12. The maximum Gasteiger partial charge on any atom is 0.263 e. The van der Waals surface area contributed by atoms with Crippen LogP contribution in [0, 0.1) is 0 Å². The van der Waals surface area contributed by atoms with Crippen molar-refractivity contribution in [2.24, 2.45) is 0 Å². The molecule has 0 aliphatic rings. The van der Waals surface area contributed by atoms with Crippen LogP contribution in [0.4, 0.5) is 0 Å². The van der Waals surface area contributed by atoms with E-state index in [1.807, 2.05) is 7.05 Å². The summed E-state index contributed by atoms with van der Waals surface area (Å²) in [4.78, 5) is 0. The first-order valence-corrected chi connectivity index (χ1v) is 4.93. The summed E-state index contributed by atoms with van der Waals surface area (Å²) in [6, 6.07) is 0. The SMILES string of the molecule is CN[C](C)(C)[AlH][CH3]. The van der Waals surface area contributed by atoms with Crippen molar-refractivity contribution in [3.05, 3.63) is 0 Å². The normalized spacial score (nSPS) is 11.4. The molecule has 0 aromatic carbocycles. The lowest BCUT2D eigenvalue weighted by molar-refractivity contribution is 0.587. The molecule has 1 N–H and O–H groups in total. The van der Waals surface area contributed by atoms with E-state index in [9.17, 15) is 0 Å². The van der Waals surface area contributed by atoms with Gasteiger partial charge in [-0.25, -0.2) is 0 Å². The molecule has 0 bridgehead atoms. The predicted molar refractivity (Wildman–Crippen MR) is 36.2 cm³/mol. The van der Waals surface area contributed by atoms with Gasteiger partial charge < -0.3 is 5.32 Å². The maximum absolute atomic E-state index is 3.25.